The number of fused-ring (bicyclic) bond motifs is 3. The lowest BCUT2D eigenvalue weighted by atomic mass is 9.71. The Balaban J connectivity index is 1.88. The number of phenols is 1. The van der Waals surface area contributed by atoms with Crippen molar-refractivity contribution in [3.63, 3.8) is 0 Å². The van der Waals surface area contributed by atoms with Gasteiger partial charge in [-0.1, -0.05) is 133 Å². The van der Waals surface area contributed by atoms with Crippen molar-refractivity contribution in [1.82, 2.24) is 4.57 Å². The van der Waals surface area contributed by atoms with E-state index in [1.165, 1.54) is 33.0 Å². The second-order valence-corrected chi connectivity index (χ2v) is 18.6. The molecule has 244 valence electrons. The average molecular weight is 616 g/mol. The molecular formula is C44H57NO. The van der Waals surface area contributed by atoms with Crippen molar-refractivity contribution >= 4 is 21.8 Å². The van der Waals surface area contributed by atoms with E-state index in [0.29, 0.717) is 5.75 Å². The lowest BCUT2D eigenvalue weighted by Crippen LogP contribution is -2.25. The third kappa shape index (κ3) is 6.51. The van der Waals surface area contributed by atoms with Gasteiger partial charge in [-0.2, -0.15) is 0 Å². The molecule has 1 aromatic heterocycles. The molecule has 0 saturated carbocycles. The summed E-state index contributed by atoms with van der Waals surface area (Å²) in [4.78, 5) is 0. The van der Waals surface area contributed by atoms with Crippen LogP contribution < -0.4 is 0 Å². The van der Waals surface area contributed by atoms with Gasteiger partial charge in [-0.05, 0) is 97.7 Å². The molecule has 0 spiro atoms. The van der Waals surface area contributed by atoms with Gasteiger partial charge < -0.3 is 9.67 Å². The number of aromatic nitrogens is 1. The zero-order valence-electron chi connectivity index (χ0n) is 31.0. The predicted octanol–water partition coefficient (Wildman–Crippen LogP) is 12.8. The largest absolute Gasteiger partial charge is 0.505 e. The number of aromatic hydroxyl groups is 1. The first kappa shape index (κ1) is 33.8. The van der Waals surface area contributed by atoms with Crippen LogP contribution in [0.15, 0.2) is 72.8 Å². The number of benzene rings is 4. The number of hydrogen-bond acceptors (Lipinski definition) is 1. The fraction of sp³-hybridized carbons (Fsp3) is 0.455. The summed E-state index contributed by atoms with van der Waals surface area (Å²) in [5, 5.41) is 14.8. The van der Waals surface area contributed by atoms with E-state index in [1.54, 1.807) is 0 Å². The van der Waals surface area contributed by atoms with Crippen molar-refractivity contribution in [1.29, 1.82) is 0 Å². The van der Waals surface area contributed by atoms with Crippen LogP contribution in [0.1, 0.15) is 126 Å². The van der Waals surface area contributed by atoms with Crippen LogP contribution >= 0.6 is 0 Å². The molecule has 46 heavy (non-hydrogen) atoms. The summed E-state index contributed by atoms with van der Waals surface area (Å²) in [6, 6.07) is 27.1. The second kappa shape index (κ2) is 11.0. The summed E-state index contributed by atoms with van der Waals surface area (Å²) in [7, 11) is 0. The molecule has 5 rings (SSSR count). The molecule has 1 heterocycles. The van der Waals surface area contributed by atoms with E-state index in [9.17, 15) is 5.11 Å². The summed E-state index contributed by atoms with van der Waals surface area (Å²) in [6.45, 7) is 32.0. The number of phenolic OH excluding ortho intramolecular Hbond substituents is 1. The highest BCUT2D eigenvalue weighted by molar-refractivity contribution is 6.10. The van der Waals surface area contributed by atoms with Crippen LogP contribution in [-0.4, -0.2) is 9.67 Å². The number of rotatable bonds is 4. The second-order valence-electron chi connectivity index (χ2n) is 18.6. The normalized spacial score (nSPS) is 13.6. The minimum Gasteiger partial charge on any atom is -0.505 e. The molecule has 0 unspecified atom stereocenters. The van der Waals surface area contributed by atoms with Crippen LogP contribution in [0.3, 0.4) is 0 Å². The summed E-state index contributed by atoms with van der Waals surface area (Å²) in [5.74, 6) is 0.317. The van der Waals surface area contributed by atoms with Gasteiger partial charge in [0.1, 0.15) is 5.75 Å². The van der Waals surface area contributed by atoms with E-state index >= 15 is 0 Å². The fourth-order valence-corrected chi connectivity index (χ4v) is 7.19. The van der Waals surface area contributed by atoms with Gasteiger partial charge in [0.05, 0.1) is 16.7 Å². The maximum Gasteiger partial charge on any atom is 0.147 e. The lowest BCUT2D eigenvalue weighted by Gasteiger charge is -2.34. The molecule has 0 saturated heterocycles. The molecule has 1 N–H and O–H groups in total. The minimum atomic E-state index is -0.113. The topological polar surface area (TPSA) is 25.2 Å². The predicted molar refractivity (Wildman–Crippen MR) is 201 cm³/mol. The number of hydrogen-bond donors (Lipinski definition) is 1. The van der Waals surface area contributed by atoms with Gasteiger partial charge in [0.25, 0.3) is 0 Å². The fourth-order valence-electron chi connectivity index (χ4n) is 7.19. The lowest BCUT2D eigenvalue weighted by molar-refractivity contribution is 0.284. The first-order valence-electron chi connectivity index (χ1n) is 17.1. The molecule has 0 atom stereocenters. The van der Waals surface area contributed by atoms with E-state index < -0.39 is 0 Å². The van der Waals surface area contributed by atoms with Gasteiger partial charge in [-0.3, -0.25) is 0 Å². The Labute approximate surface area is 278 Å². The van der Waals surface area contributed by atoms with Gasteiger partial charge in [0.2, 0.25) is 0 Å². The molecule has 5 aromatic rings. The maximum absolute atomic E-state index is 12.3. The highest BCUT2D eigenvalue weighted by atomic mass is 16.3. The molecule has 2 nitrogen and oxygen atoms in total. The average Bonchev–Trinajstić information content (AvgIpc) is 3.23. The van der Waals surface area contributed by atoms with Crippen molar-refractivity contribution < 1.29 is 5.11 Å². The minimum absolute atomic E-state index is 0.0235. The van der Waals surface area contributed by atoms with E-state index in [1.807, 2.05) is 0 Å². The van der Waals surface area contributed by atoms with Crippen LogP contribution in [0.25, 0.3) is 38.6 Å². The SMILES string of the molecule is CC(C)(C)CC(C)(C)c1cc(-c2ccc(C(C)(C)C)cc2)c(O)c(-n2c3ccc(C(C)(C)C)cc3c3cc(C(C)(C)C)ccc32)c1. The third-order valence-electron chi connectivity index (χ3n) is 9.64. The smallest absolute Gasteiger partial charge is 0.147 e. The van der Waals surface area contributed by atoms with E-state index in [4.69, 9.17) is 0 Å². The Hall–Kier alpha value is -3.52. The van der Waals surface area contributed by atoms with Crippen LogP contribution in [0.4, 0.5) is 0 Å². The van der Waals surface area contributed by atoms with Crippen molar-refractivity contribution in [2.45, 2.75) is 125 Å². The summed E-state index contributed by atoms with van der Waals surface area (Å²) >= 11 is 0. The molecule has 0 fully saturated rings. The summed E-state index contributed by atoms with van der Waals surface area (Å²) in [6.07, 6.45) is 1.02. The van der Waals surface area contributed by atoms with Gasteiger partial charge in [0.15, 0.2) is 0 Å². The van der Waals surface area contributed by atoms with Crippen LogP contribution in [0.2, 0.25) is 0 Å². The third-order valence-corrected chi connectivity index (χ3v) is 9.64. The van der Waals surface area contributed by atoms with Gasteiger partial charge >= 0.3 is 0 Å². The Morgan fingerprint density at radius 1 is 0.500 bits per heavy atom. The first-order valence-corrected chi connectivity index (χ1v) is 17.1. The Kier molecular flexibility index (Phi) is 8.12. The quantitative estimate of drug-likeness (QED) is 0.214. The highest BCUT2D eigenvalue weighted by Gasteiger charge is 2.30. The first-order chi connectivity index (χ1) is 21.0. The highest BCUT2D eigenvalue weighted by Crippen LogP contribution is 2.46. The standard InChI is InChI=1S/C44H57NO/c1-40(2,3)27-44(13,14)32-25-33(28-15-17-29(18-16-28)41(4,5)6)39(46)38(26-32)45-36-21-19-30(42(7,8)9)23-34(36)35-24-31(43(10,11)12)20-22-37(35)45/h15-26,46H,27H2,1-14H3. The maximum atomic E-state index is 12.3. The molecule has 0 aliphatic heterocycles. The van der Waals surface area contributed by atoms with Crippen LogP contribution in [0.5, 0.6) is 5.75 Å². The van der Waals surface area contributed by atoms with E-state index in [-0.39, 0.29) is 27.1 Å². The Morgan fingerprint density at radius 3 is 1.35 bits per heavy atom. The van der Waals surface area contributed by atoms with Gasteiger partial charge in [-0.25, -0.2) is 0 Å². The molecule has 0 aliphatic rings. The molecule has 2 heteroatoms. The number of nitrogens with zero attached hydrogens (tertiary/aromatic N) is 1. The zero-order valence-corrected chi connectivity index (χ0v) is 31.0. The van der Waals surface area contributed by atoms with Crippen LogP contribution in [-0.2, 0) is 21.7 Å². The van der Waals surface area contributed by atoms with Gasteiger partial charge in [0, 0.05) is 16.3 Å². The van der Waals surface area contributed by atoms with Crippen molar-refractivity contribution in [2.24, 2.45) is 5.41 Å². The molecule has 0 aliphatic carbocycles. The summed E-state index contributed by atoms with van der Waals surface area (Å²) in [5.41, 5.74) is 10.3. The van der Waals surface area contributed by atoms with Crippen molar-refractivity contribution in [3.05, 3.63) is 95.1 Å². The zero-order chi connectivity index (χ0) is 34.2. The van der Waals surface area contributed by atoms with E-state index in [2.05, 4.69) is 174 Å². The molecule has 0 radical (unpaired) electrons. The van der Waals surface area contributed by atoms with Gasteiger partial charge in [-0.15, -0.1) is 0 Å². The summed E-state index contributed by atoms with van der Waals surface area (Å²) < 4.78 is 2.31. The van der Waals surface area contributed by atoms with Crippen molar-refractivity contribution in [2.75, 3.05) is 0 Å². The Morgan fingerprint density at radius 2 is 0.935 bits per heavy atom. The Bertz CT molecular complexity index is 1830. The van der Waals surface area contributed by atoms with Crippen LogP contribution in [0, 0.1) is 5.41 Å². The molecule has 0 amide bonds. The molecular weight excluding hydrogens is 558 g/mol. The monoisotopic (exact) mass is 615 g/mol. The molecule has 0 bridgehead atoms. The van der Waals surface area contributed by atoms with E-state index in [0.717, 1.165) is 34.3 Å². The van der Waals surface area contributed by atoms with Crippen molar-refractivity contribution in [3.8, 4) is 22.6 Å². The molecule has 4 aromatic carbocycles.